The number of carbonyl (C=O) groups excluding carboxylic acids is 6. The van der Waals surface area contributed by atoms with Crippen LogP contribution in [0, 0.1) is 0 Å². The summed E-state index contributed by atoms with van der Waals surface area (Å²) < 4.78 is 0. The highest BCUT2D eigenvalue weighted by Crippen LogP contribution is 2.31. The average Bonchev–Trinajstić information content (AvgIpc) is 3.21. The van der Waals surface area contributed by atoms with E-state index in [9.17, 15) is 28.8 Å². The zero-order valence-electron chi connectivity index (χ0n) is 34.2. The highest BCUT2D eigenvalue weighted by molar-refractivity contribution is 6.37. The molecule has 0 heterocycles. The van der Waals surface area contributed by atoms with E-state index in [0.29, 0.717) is 66.8 Å². The van der Waals surface area contributed by atoms with Crippen molar-refractivity contribution in [3.8, 4) is 0 Å². The van der Waals surface area contributed by atoms with Gasteiger partial charge in [-0.1, -0.05) is 83.5 Å². The van der Waals surface area contributed by atoms with Crippen LogP contribution in [-0.4, -0.2) is 47.3 Å². The molecule has 5 rings (SSSR count). The van der Waals surface area contributed by atoms with E-state index in [0.717, 1.165) is 0 Å². The molecule has 14 nitrogen and oxygen atoms in total. The number of azo groups is 2. The molecule has 4 amide bonds. The van der Waals surface area contributed by atoms with Crippen molar-refractivity contribution in [2.75, 3.05) is 21.3 Å². The van der Waals surface area contributed by atoms with E-state index in [1.54, 1.807) is 12.1 Å². The minimum Gasteiger partial charge on any atom is -0.323 e. The standard InChI is InChI=1S/C44H36Cl6N8O6/c1-5-31-32(6-2)38(54-44(64)40(22(4)60)58-56-28-8-10-36(50)34(20-28)42(62)52-30-17-25(47)14-26(48)18-30)12-11-37(31)53-43(63)39(21(3)59)57-55-27-7-9-35(49)33(19-27)41(61)51-29-15-23(45)13-24(46)16-29/h7-20,39-40H,5-6H2,1-4H3,(H,51,61)(H,52,62)(H,53,63)(H,54,64). The van der Waals surface area contributed by atoms with Gasteiger partial charge in [-0.2, -0.15) is 20.5 Å². The lowest BCUT2D eigenvalue weighted by molar-refractivity contribution is -0.127. The lowest BCUT2D eigenvalue weighted by Gasteiger charge is -2.20. The van der Waals surface area contributed by atoms with Crippen molar-refractivity contribution < 1.29 is 28.8 Å². The maximum absolute atomic E-state index is 13.6. The Morgan fingerprint density at radius 2 is 0.828 bits per heavy atom. The Bertz CT molecular complexity index is 2520. The predicted molar refractivity (Wildman–Crippen MR) is 252 cm³/mol. The van der Waals surface area contributed by atoms with E-state index in [2.05, 4.69) is 41.7 Å². The summed E-state index contributed by atoms with van der Waals surface area (Å²) in [6.07, 6.45) is 0.775. The Hall–Kier alpha value is -5.74. The maximum atomic E-state index is 13.6. The Labute approximate surface area is 397 Å². The number of amides is 4. The number of halogens is 6. The summed E-state index contributed by atoms with van der Waals surface area (Å²) in [5.74, 6) is -4.01. The fraction of sp³-hybridized carbons (Fsp3) is 0.182. The zero-order valence-corrected chi connectivity index (χ0v) is 38.7. The number of ketones is 2. The Morgan fingerprint density at radius 3 is 1.14 bits per heavy atom. The van der Waals surface area contributed by atoms with Gasteiger partial charge in [0.25, 0.3) is 23.6 Å². The topological polar surface area (TPSA) is 200 Å². The summed E-state index contributed by atoms with van der Waals surface area (Å²) in [4.78, 5) is 78.7. The number of hydrogen-bond acceptors (Lipinski definition) is 10. The van der Waals surface area contributed by atoms with Gasteiger partial charge < -0.3 is 21.3 Å². The minimum atomic E-state index is -1.58. The molecule has 5 aromatic carbocycles. The molecule has 2 unspecified atom stereocenters. The van der Waals surface area contributed by atoms with Crippen molar-refractivity contribution in [3.05, 3.63) is 137 Å². The quantitative estimate of drug-likeness (QED) is 0.0560. The molecule has 0 spiro atoms. The van der Waals surface area contributed by atoms with Gasteiger partial charge in [-0.3, -0.25) is 28.8 Å². The Balaban J connectivity index is 1.30. The number of carbonyl (C=O) groups is 6. The van der Waals surface area contributed by atoms with Crippen molar-refractivity contribution in [1.82, 2.24) is 0 Å². The third-order valence-corrected chi connectivity index (χ3v) is 10.7. The predicted octanol–water partition coefficient (Wildman–Crippen LogP) is 12.6. The largest absolute Gasteiger partial charge is 0.323 e. The molecule has 5 aromatic rings. The van der Waals surface area contributed by atoms with E-state index < -0.39 is 47.3 Å². The third-order valence-electron chi connectivity index (χ3n) is 9.13. The summed E-state index contributed by atoms with van der Waals surface area (Å²) in [7, 11) is 0. The second-order valence-electron chi connectivity index (χ2n) is 13.8. The van der Waals surface area contributed by atoms with Gasteiger partial charge >= 0.3 is 0 Å². The van der Waals surface area contributed by atoms with Gasteiger partial charge in [0.15, 0.2) is 11.6 Å². The number of nitrogens with one attached hydrogen (secondary N) is 4. The molecule has 0 fully saturated rings. The van der Waals surface area contributed by atoms with E-state index in [1.807, 2.05) is 13.8 Å². The SMILES string of the molecule is CCc1c(NC(=O)C(N=Nc2ccc(Cl)c(C(=O)Nc3cc(Cl)cc(Cl)c3)c2)C(C)=O)ccc(NC(=O)C(N=Nc2ccc(Cl)c(C(=O)Nc3cc(Cl)cc(Cl)c3)c2)C(C)=O)c1CC. The summed E-state index contributed by atoms with van der Waals surface area (Å²) in [6, 6.07) is 17.4. The van der Waals surface area contributed by atoms with Crippen LogP contribution in [0.1, 0.15) is 59.5 Å². The van der Waals surface area contributed by atoms with Crippen LogP contribution >= 0.6 is 69.6 Å². The van der Waals surface area contributed by atoms with Crippen LogP contribution in [0.25, 0.3) is 0 Å². The van der Waals surface area contributed by atoms with Gasteiger partial charge in [0.2, 0.25) is 12.1 Å². The van der Waals surface area contributed by atoms with Crippen molar-refractivity contribution in [2.24, 2.45) is 20.5 Å². The van der Waals surface area contributed by atoms with Gasteiger partial charge in [0.1, 0.15) is 0 Å². The fourth-order valence-electron chi connectivity index (χ4n) is 6.17. The number of hydrogen-bond donors (Lipinski definition) is 4. The first-order valence-corrected chi connectivity index (χ1v) is 21.4. The first-order valence-electron chi connectivity index (χ1n) is 19.1. The molecule has 0 aliphatic rings. The molecule has 0 saturated heterocycles. The van der Waals surface area contributed by atoms with E-state index in [4.69, 9.17) is 69.6 Å². The maximum Gasteiger partial charge on any atom is 0.258 e. The molecule has 0 radical (unpaired) electrons. The lowest BCUT2D eigenvalue weighted by Crippen LogP contribution is -2.33. The molecule has 0 aliphatic carbocycles. The summed E-state index contributed by atoms with van der Waals surface area (Å²) in [5.41, 5.74) is 2.93. The van der Waals surface area contributed by atoms with Crippen molar-refractivity contribution in [1.29, 1.82) is 0 Å². The second-order valence-corrected chi connectivity index (χ2v) is 16.4. The second kappa shape index (κ2) is 22.2. The van der Waals surface area contributed by atoms with Gasteiger partial charge in [-0.25, -0.2) is 0 Å². The highest BCUT2D eigenvalue weighted by Gasteiger charge is 2.27. The average molecular weight is 986 g/mol. The molecular formula is C44H36Cl6N8O6. The van der Waals surface area contributed by atoms with Crippen LogP contribution in [0.4, 0.5) is 34.1 Å². The molecular weight excluding hydrogens is 949 g/mol. The van der Waals surface area contributed by atoms with Crippen LogP contribution in [0.15, 0.2) is 105 Å². The van der Waals surface area contributed by atoms with Crippen LogP contribution in [0.5, 0.6) is 0 Å². The molecule has 2 atom stereocenters. The zero-order chi connectivity index (χ0) is 46.8. The summed E-state index contributed by atoms with van der Waals surface area (Å²) in [6.45, 7) is 6.04. The van der Waals surface area contributed by atoms with E-state index in [-0.39, 0.29) is 32.5 Å². The molecule has 20 heteroatoms. The smallest absolute Gasteiger partial charge is 0.258 e. The van der Waals surface area contributed by atoms with Crippen molar-refractivity contribution in [2.45, 2.75) is 52.6 Å². The summed E-state index contributed by atoms with van der Waals surface area (Å²) >= 11 is 36.8. The fourth-order valence-corrected chi connectivity index (χ4v) is 7.63. The Morgan fingerprint density at radius 1 is 0.484 bits per heavy atom. The molecule has 0 bridgehead atoms. The van der Waals surface area contributed by atoms with Gasteiger partial charge in [-0.15, -0.1) is 0 Å². The van der Waals surface area contributed by atoms with E-state index >= 15 is 0 Å². The normalized spacial score (nSPS) is 12.2. The van der Waals surface area contributed by atoms with Crippen LogP contribution in [0.2, 0.25) is 30.1 Å². The monoisotopic (exact) mass is 982 g/mol. The van der Waals surface area contributed by atoms with E-state index in [1.165, 1.54) is 86.6 Å². The number of rotatable bonds is 16. The van der Waals surface area contributed by atoms with Crippen molar-refractivity contribution in [3.63, 3.8) is 0 Å². The number of anilines is 4. The molecule has 0 aromatic heterocycles. The number of nitrogens with zero attached hydrogens (tertiary/aromatic N) is 4. The molecule has 0 aliphatic heterocycles. The molecule has 4 N–H and O–H groups in total. The number of Topliss-reactive ketones (excluding diaryl/α,β-unsaturated/α-hetero) is 2. The third kappa shape index (κ3) is 12.9. The summed E-state index contributed by atoms with van der Waals surface area (Å²) in [5, 5.41) is 28.4. The van der Waals surface area contributed by atoms with Crippen LogP contribution in [0.3, 0.4) is 0 Å². The lowest BCUT2D eigenvalue weighted by atomic mass is 9.98. The van der Waals surface area contributed by atoms with Gasteiger partial charge in [0, 0.05) is 42.8 Å². The van der Waals surface area contributed by atoms with Crippen LogP contribution in [-0.2, 0) is 32.0 Å². The molecule has 330 valence electrons. The first-order chi connectivity index (χ1) is 30.4. The minimum absolute atomic E-state index is 0.0293. The Kier molecular flexibility index (Phi) is 17.1. The first kappa shape index (κ1) is 49.3. The van der Waals surface area contributed by atoms with Crippen LogP contribution < -0.4 is 21.3 Å². The molecule has 0 saturated carbocycles. The van der Waals surface area contributed by atoms with Gasteiger partial charge in [-0.05, 0) is 123 Å². The highest BCUT2D eigenvalue weighted by atomic mass is 35.5. The number of benzene rings is 5. The molecule has 64 heavy (non-hydrogen) atoms. The van der Waals surface area contributed by atoms with Gasteiger partial charge in [0.05, 0.1) is 32.5 Å². The van der Waals surface area contributed by atoms with Crippen molar-refractivity contribution >= 4 is 139 Å².